The zero-order chi connectivity index (χ0) is 17.4. The molecule has 2 N–H and O–H groups in total. The summed E-state index contributed by atoms with van der Waals surface area (Å²) in [7, 11) is 1.54. The van der Waals surface area contributed by atoms with Gasteiger partial charge >= 0.3 is 12.0 Å². The van der Waals surface area contributed by atoms with Crippen LogP contribution in [0.15, 0.2) is 64.8 Å². The molecule has 0 saturated heterocycles. The van der Waals surface area contributed by atoms with E-state index in [1.54, 1.807) is 55.6 Å². The van der Waals surface area contributed by atoms with Gasteiger partial charge in [-0.15, -0.1) is 5.11 Å². The van der Waals surface area contributed by atoms with Gasteiger partial charge in [-0.05, 0) is 29.8 Å². The van der Waals surface area contributed by atoms with Gasteiger partial charge in [-0.1, -0.05) is 35.4 Å². The number of hydrogen-bond donors (Lipinski definition) is 2. The van der Waals surface area contributed by atoms with Gasteiger partial charge < -0.3 is 15.2 Å². The van der Waals surface area contributed by atoms with Gasteiger partial charge in [-0.25, -0.2) is 9.59 Å². The van der Waals surface area contributed by atoms with E-state index in [0.29, 0.717) is 11.4 Å². The lowest BCUT2D eigenvalue weighted by molar-refractivity contribution is -0.139. The molecule has 2 aromatic carbocycles. The minimum Gasteiger partial charge on any atom is -0.497 e. The summed E-state index contributed by atoms with van der Waals surface area (Å²) in [6.45, 7) is 0. The molecule has 7 nitrogen and oxygen atoms in total. The monoisotopic (exact) mass is 327 g/mol. The highest BCUT2D eigenvalue weighted by Crippen LogP contribution is 2.17. The number of benzene rings is 2. The highest BCUT2D eigenvalue weighted by molar-refractivity contribution is 5.83. The first-order valence-corrected chi connectivity index (χ1v) is 7.21. The number of ether oxygens (including phenoxy) is 1. The van der Waals surface area contributed by atoms with Gasteiger partial charge in [0, 0.05) is 6.42 Å². The summed E-state index contributed by atoms with van der Waals surface area (Å²) in [6.07, 6.45) is 0.167. The molecule has 7 heteroatoms. The number of carbonyl (C=O) groups excluding carboxylic acids is 1. The summed E-state index contributed by atoms with van der Waals surface area (Å²) in [5, 5.41) is 18.8. The highest BCUT2D eigenvalue weighted by Gasteiger charge is 2.20. The minimum atomic E-state index is -1.13. The summed E-state index contributed by atoms with van der Waals surface area (Å²) in [4.78, 5) is 23.1. The third-order valence-corrected chi connectivity index (χ3v) is 3.21. The van der Waals surface area contributed by atoms with Gasteiger partial charge in [-0.2, -0.15) is 0 Å². The molecule has 0 heterocycles. The van der Waals surface area contributed by atoms with Crippen molar-refractivity contribution in [2.75, 3.05) is 7.11 Å². The summed E-state index contributed by atoms with van der Waals surface area (Å²) >= 11 is 0. The fourth-order valence-electron chi connectivity index (χ4n) is 1.98. The van der Waals surface area contributed by atoms with Crippen LogP contribution in [-0.2, 0) is 11.2 Å². The Morgan fingerprint density at radius 3 is 2.38 bits per heavy atom. The van der Waals surface area contributed by atoms with E-state index in [-0.39, 0.29) is 6.42 Å². The van der Waals surface area contributed by atoms with Crippen molar-refractivity contribution in [2.24, 2.45) is 10.2 Å². The lowest BCUT2D eigenvalue weighted by Crippen LogP contribution is -2.40. The summed E-state index contributed by atoms with van der Waals surface area (Å²) in [5.74, 6) is -0.473. The van der Waals surface area contributed by atoms with Crippen molar-refractivity contribution in [3.05, 3.63) is 60.2 Å². The molecule has 0 fully saturated rings. The molecule has 0 bridgehead atoms. The van der Waals surface area contributed by atoms with Gasteiger partial charge in [0.15, 0.2) is 0 Å². The predicted molar refractivity (Wildman–Crippen MR) is 87.6 cm³/mol. The van der Waals surface area contributed by atoms with Crippen molar-refractivity contribution in [2.45, 2.75) is 12.5 Å². The maximum absolute atomic E-state index is 11.8. The first kappa shape index (κ1) is 17.1. The Hall–Kier alpha value is -3.22. The number of carboxylic acid groups (broad SMARTS) is 1. The van der Waals surface area contributed by atoms with E-state index in [9.17, 15) is 14.7 Å². The molecule has 0 saturated carbocycles. The number of carboxylic acids is 1. The first-order chi connectivity index (χ1) is 11.6. The van der Waals surface area contributed by atoms with Crippen LogP contribution < -0.4 is 10.1 Å². The smallest absolute Gasteiger partial charge is 0.360 e. The number of rotatable bonds is 6. The molecule has 1 unspecified atom stereocenters. The fourth-order valence-corrected chi connectivity index (χ4v) is 1.98. The number of carbonyl (C=O) groups is 2. The van der Waals surface area contributed by atoms with Crippen LogP contribution in [0.3, 0.4) is 0 Å². The van der Waals surface area contributed by atoms with Gasteiger partial charge in [0.05, 0.1) is 12.8 Å². The van der Waals surface area contributed by atoms with Crippen molar-refractivity contribution in [1.29, 1.82) is 0 Å². The molecular formula is C17H17N3O4. The molecule has 2 amide bonds. The van der Waals surface area contributed by atoms with Crippen LogP contribution >= 0.6 is 0 Å². The molecule has 0 spiro atoms. The number of urea groups is 1. The van der Waals surface area contributed by atoms with Crippen LogP contribution in [0.2, 0.25) is 0 Å². The zero-order valence-electron chi connectivity index (χ0n) is 13.0. The Morgan fingerprint density at radius 1 is 1.12 bits per heavy atom. The number of azo groups is 1. The predicted octanol–water partition coefficient (Wildman–Crippen LogP) is 3.18. The molecule has 2 aromatic rings. The van der Waals surface area contributed by atoms with Crippen molar-refractivity contribution >= 4 is 17.7 Å². The Labute approximate surface area is 139 Å². The summed E-state index contributed by atoms with van der Waals surface area (Å²) in [6, 6.07) is 13.8. The molecule has 1 atom stereocenters. The van der Waals surface area contributed by atoms with Crippen molar-refractivity contribution in [1.82, 2.24) is 5.32 Å². The van der Waals surface area contributed by atoms with Crippen LogP contribution in [0.25, 0.3) is 0 Å². The molecule has 124 valence electrons. The molecule has 24 heavy (non-hydrogen) atoms. The Bertz CT molecular complexity index is 714. The standard InChI is InChI=1S/C17H17N3O4/c1-24-14-9-7-13(8-10-14)19-20-17(23)18-15(16(21)22)11-12-5-3-2-4-6-12/h2-10,15H,11H2,1H3,(H,18,23)(H,21,22)/b20-19+. The second-order valence-electron chi connectivity index (χ2n) is 4.93. The Kier molecular flexibility index (Phi) is 6.01. The van der Waals surface area contributed by atoms with E-state index in [2.05, 4.69) is 15.5 Å². The molecule has 0 aliphatic carbocycles. The number of methoxy groups -OCH3 is 1. The van der Waals surface area contributed by atoms with Crippen molar-refractivity contribution in [3.8, 4) is 5.75 Å². The van der Waals surface area contributed by atoms with E-state index in [0.717, 1.165) is 5.56 Å². The van der Waals surface area contributed by atoms with E-state index in [1.165, 1.54) is 0 Å². The Morgan fingerprint density at radius 2 is 1.79 bits per heavy atom. The van der Waals surface area contributed by atoms with Crippen LogP contribution in [0.1, 0.15) is 5.56 Å². The SMILES string of the molecule is COc1ccc(/N=N/C(=O)NC(Cc2ccccc2)C(=O)O)cc1. The van der Waals surface area contributed by atoms with Crippen molar-refractivity contribution in [3.63, 3.8) is 0 Å². The number of nitrogens with one attached hydrogen (secondary N) is 1. The highest BCUT2D eigenvalue weighted by atomic mass is 16.5. The van der Waals surface area contributed by atoms with Gasteiger partial charge in [0.25, 0.3) is 0 Å². The summed E-state index contributed by atoms with van der Waals surface area (Å²) < 4.78 is 5.01. The van der Waals surface area contributed by atoms with Crippen molar-refractivity contribution < 1.29 is 19.4 Å². The second kappa shape index (κ2) is 8.42. The second-order valence-corrected chi connectivity index (χ2v) is 4.93. The average Bonchev–Trinajstić information content (AvgIpc) is 2.60. The van der Waals surface area contributed by atoms with E-state index < -0.39 is 18.0 Å². The normalized spacial score (nSPS) is 11.9. The van der Waals surface area contributed by atoms with Gasteiger partial charge in [0.1, 0.15) is 11.8 Å². The number of aliphatic carboxylic acids is 1. The molecule has 2 rings (SSSR count). The van der Waals surface area contributed by atoms with Crippen LogP contribution in [0.4, 0.5) is 10.5 Å². The number of amides is 2. The maximum Gasteiger partial charge on any atom is 0.360 e. The largest absolute Gasteiger partial charge is 0.497 e. The number of hydrogen-bond acceptors (Lipinski definition) is 4. The maximum atomic E-state index is 11.8. The third kappa shape index (κ3) is 5.20. The average molecular weight is 327 g/mol. The zero-order valence-corrected chi connectivity index (χ0v) is 13.0. The van der Waals surface area contributed by atoms with E-state index in [4.69, 9.17) is 4.74 Å². The first-order valence-electron chi connectivity index (χ1n) is 7.21. The third-order valence-electron chi connectivity index (χ3n) is 3.21. The number of nitrogens with zero attached hydrogens (tertiary/aromatic N) is 2. The van der Waals surface area contributed by atoms with Gasteiger partial charge in [-0.3, -0.25) is 0 Å². The van der Waals surface area contributed by atoms with Gasteiger partial charge in [0.2, 0.25) is 0 Å². The molecule has 0 aliphatic rings. The molecule has 0 aromatic heterocycles. The lowest BCUT2D eigenvalue weighted by Gasteiger charge is -2.12. The lowest BCUT2D eigenvalue weighted by atomic mass is 10.1. The molecule has 0 radical (unpaired) electrons. The van der Waals surface area contributed by atoms with Crippen LogP contribution in [0, 0.1) is 0 Å². The molecule has 0 aliphatic heterocycles. The fraction of sp³-hybridized carbons (Fsp3) is 0.176. The van der Waals surface area contributed by atoms with Crippen LogP contribution in [0.5, 0.6) is 5.75 Å². The minimum absolute atomic E-state index is 0.167. The van der Waals surface area contributed by atoms with E-state index >= 15 is 0 Å². The summed E-state index contributed by atoms with van der Waals surface area (Å²) in [5.41, 5.74) is 1.26. The Balaban J connectivity index is 1.97. The van der Waals surface area contributed by atoms with E-state index in [1.807, 2.05) is 6.07 Å². The topological polar surface area (TPSA) is 100 Å². The quantitative estimate of drug-likeness (QED) is 0.796. The van der Waals surface area contributed by atoms with Crippen LogP contribution in [-0.4, -0.2) is 30.3 Å². The molecular weight excluding hydrogens is 310 g/mol.